The minimum atomic E-state index is 0.148. The van der Waals surface area contributed by atoms with Gasteiger partial charge >= 0.3 is 0 Å². The Labute approximate surface area is 92.1 Å². The first-order chi connectivity index (χ1) is 7.74. The second-order valence-corrected chi connectivity index (χ2v) is 3.96. The maximum Gasteiger partial charge on any atom is 0.224 e. The molecule has 1 aliphatic carbocycles. The van der Waals surface area contributed by atoms with Gasteiger partial charge in [0, 0.05) is 0 Å². The summed E-state index contributed by atoms with van der Waals surface area (Å²) in [4.78, 5) is 16.9. The number of aromatic nitrogens is 4. The van der Waals surface area contributed by atoms with Crippen molar-refractivity contribution in [2.45, 2.75) is 25.7 Å². The summed E-state index contributed by atoms with van der Waals surface area (Å²) in [5.41, 5.74) is 14.4. The number of nitrogen functional groups attached to an aromatic ring is 2. The molecule has 0 spiro atoms. The van der Waals surface area contributed by atoms with E-state index in [9.17, 15) is 0 Å². The lowest BCUT2D eigenvalue weighted by Crippen LogP contribution is -2.11. The van der Waals surface area contributed by atoms with Crippen LogP contribution in [-0.2, 0) is 12.8 Å². The molecular weight excluding hydrogens is 204 g/mol. The Balaban J connectivity index is 2.31. The lowest BCUT2D eigenvalue weighted by atomic mass is 10.0. The molecule has 1 aliphatic rings. The van der Waals surface area contributed by atoms with Crippen LogP contribution in [0.4, 0.5) is 11.8 Å². The predicted molar refractivity (Wildman–Crippen MR) is 60.6 cm³/mol. The number of anilines is 2. The van der Waals surface area contributed by atoms with Gasteiger partial charge in [0.2, 0.25) is 5.95 Å². The van der Waals surface area contributed by atoms with Crippen molar-refractivity contribution in [3.8, 4) is 0 Å². The Kier molecular flexibility index (Phi) is 1.89. The predicted octanol–water partition coefficient (Wildman–Crippen LogP) is 0.463. The van der Waals surface area contributed by atoms with Crippen molar-refractivity contribution in [1.29, 1.82) is 0 Å². The molecule has 2 aromatic rings. The molecule has 0 amide bonds. The largest absolute Gasteiger partial charge is 0.382 e. The Morgan fingerprint density at radius 3 is 2.25 bits per heavy atom. The molecule has 2 aromatic heterocycles. The normalized spacial score (nSPS) is 15.0. The van der Waals surface area contributed by atoms with Gasteiger partial charge in [0.05, 0.1) is 11.4 Å². The second-order valence-electron chi connectivity index (χ2n) is 3.96. The van der Waals surface area contributed by atoms with Crippen LogP contribution in [-0.4, -0.2) is 19.9 Å². The monoisotopic (exact) mass is 216 g/mol. The van der Waals surface area contributed by atoms with Crippen LogP contribution in [0, 0.1) is 0 Å². The van der Waals surface area contributed by atoms with E-state index in [1.54, 1.807) is 0 Å². The van der Waals surface area contributed by atoms with Gasteiger partial charge in [-0.05, 0) is 25.7 Å². The van der Waals surface area contributed by atoms with Gasteiger partial charge in [0.15, 0.2) is 17.0 Å². The lowest BCUT2D eigenvalue weighted by molar-refractivity contribution is 0.654. The highest BCUT2D eigenvalue weighted by Crippen LogP contribution is 2.22. The summed E-state index contributed by atoms with van der Waals surface area (Å²) in [6, 6.07) is 0. The van der Waals surface area contributed by atoms with Crippen molar-refractivity contribution >= 4 is 22.9 Å². The van der Waals surface area contributed by atoms with E-state index in [4.69, 9.17) is 11.5 Å². The van der Waals surface area contributed by atoms with E-state index >= 15 is 0 Å². The average molecular weight is 216 g/mol. The average Bonchev–Trinajstić information content (AvgIpc) is 2.27. The standard InChI is InChI=1S/C10H12N6/c11-8-7-9(16-10(12)15-8)14-6-4-2-1-3-5(6)13-7/h1-4H2,(H4,11,12,14,15,16). The number of fused-ring (bicyclic) bond motifs is 2. The SMILES string of the molecule is Nc1nc(N)c2nc3c(nc2n1)CCCC3. The number of hydrogen-bond donors (Lipinski definition) is 2. The lowest BCUT2D eigenvalue weighted by Gasteiger charge is -2.14. The van der Waals surface area contributed by atoms with Crippen molar-refractivity contribution < 1.29 is 0 Å². The Morgan fingerprint density at radius 2 is 1.50 bits per heavy atom. The third kappa shape index (κ3) is 1.34. The van der Waals surface area contributed by atoms with Crippen molar-refractivity contribution in [2.75, 3.05) is 11.5 Å². The molecule has 0 saturated heterocycles. The molecular formula is C10H12N6. The van der Waals surface area contributed by atoms with Crippen molar-refractivity contribution in [2.24, 2.45) is 0 Å². The zero-order valence-electron chi connectivity index (χ0n) is 8.77. The highest BCUT2D eigenvalue weighted by molar-refractivity contribution is 5.82. The molecule has 0 saturated carbocycles. The highest BCUT2D eigenvalue weighted by Gasteiger charge is 2.15. The van der Waals surface area contributed by atoms with E-state index in [2.05, 4.69) is 19.9 Å². The number of nitrogens with two attached hydrogens (primary N) is 2. The number of aryl methyl sites for hydroxylation is 2. The number of rotatable bonds is 0. The fraction of sp³-hybridized carbons (Fsp3) is 0.400. The first kappa shape index (κ1) is 9.26. The summed E-state index contributed by atoms with van der Waals surface area (Å²) in [6.07, 6.45) is 4.23. The van der Waals surface area contributed by atoms with Crippen LogP contribution in [0.2, 0.25) is 0 Å². The number of nitrogens with zero attached hydrogens (tertiary/aromatic N) is 4. The van der Waals surface area contributed by atoms with Crippen molar-refractivity contribution in [3.63, 3.8) is 0 Å². The Hall–Kier alpha value is -1.98. The van der Waals surface area contributed by atoms with Crippen LogP contribution in [0.3, 0.4) is 0 Å². The van der Waals surface area contributed by atoms with Crippen LogP contribution >= 0.6 is 0 Å². The second kappa shape index (κ2) is 3.26. The molecule has 0 unspecified atom stereocenters. The quantitative estimate of drug-likeness (QED) is 0.663. The van der Waals surface area contributed by atoms with Gasteiger partial charge in [-0.2, -0.15) is 9.97 Å². The summed E-state index contributed by atoms with van der Waals surface area (Å²) in [6.45, 7) is 0. The van der Waals surface area contributed by atoms with Crippen molar-refractivity contribution in [1.82, 2.24) is 19.9 Å². The smallest absolute Gasteiger partial charge is 0.224 e. The molecule has 6 heteroatoms. The third-order valence-corrected chi connectivity index (χ3v) is 2.81. The molecule has 3 rings (SSSR count). The molecule has 0 fully saturated rings. The molecule has 0 radical (unpaired) electrons. The zero-order chi connectivity index (χ0) is 11.1. The van der Waals surface area contributed by atoms with Gasteiger partial charge in [0.1, 0.15) is 0 Å². The molecule has 2 heterocycles. The molecule has 0 bridgehead atoms. The Bertz CT molecular complexity index is 565. The van der Waals surface area contributed by atoms with Gasteiger partial charge in [-0.3, -0.25) is 0 Å². The van der Waals surface area contributed by atoms with E-state index in [0.717, 1.165) is 37.1 Å². The summed E-state index contributed by atoms with van der Waals surface area (Å²) in [7, 11) is 0. The fourth-order valence-electron chi connectivity index (χ4n) is 2.04. The van der Waals surface area contributed by atoms with Crippen molar-refractivity contribution in [3.05, 3.63) is 11.4 Å². The van der Waals surface area contributed by atoms with E-state index in [0.29, 0.717) is 17.0 Å². The van der Waals surface area contributed by atoms with Crippen LogP contribution < -0.4 is 11.5 Å². The molecule has 6 nitrogen and oxygen atoms in total. The Morgan fingerprint density at radius 1 is 0.812 bits per heavy atom. The van der Waals surface area contributed by atoms with Crippen LogP contribution in [0.15, 0.2) is 0 Å². The minimum absolute atomic E-state index is 0.148. The zero-order valence-corrected chi connectivity index (χ0v) is 8.77. The first-order valence-corrected chi connectivity index (χ1v) is 5.32. The minimum Gasteiger partial charge on any atom is -0.382 e. The summed E-state index contributed by atoms with van der Waals surface area (Å²) >= 11 is 0. The van der Waals surface area contributed by atoms with Gasteiger partial charge in [-0.15, -0.1) is 0 Å². The molecule has 4 N–H and O–H groups in total. The van der Waals surface area contributed by atoms with E-state index in [1.165, 1.54) is 0 Å². The van der Waals surface area contributed by atoms with Gasteiger partial charge in [-0.1, -0.05) is 0 Å². The van der Waals surface area contributed by atoms with Gasteiger partial charge < -0.3 is 11.5 Å². The van der Waals surface area contributed by atoms with E-state index in [-0.39, 0.29) is 5.95 Å². The molecule has 82 valence electrons. The maximum atomic E-state index is 5.76. The van der Waals surface area contributed by atoms with Crippen LogP contribution in [0.25, 0.3) is 11.2 Å². The van der Waals surface area contributed by atoms with Crippen LogP contribution in [0.1, 0.15) is 24.2 Å². The summed E-state index contributed by atoms with van der Waals surface area (Å²) in [5.74, 6) is 0.457. The van der Waals surface area contributed by atoms with Gasteiger partial charge in [0.25, 0.3) is 0 Å². The first-order valence-electron chi connectivity index (χ1n) is 5.32. The molecule has 0 aromatic carbocycles. The summed E-state index contributed by atoms with van der Waals surface area (Å²) in [5, 5.41) is 0. The maximum absolute atomic E-state index is 5.76. The van der Waals surface area contributed by atoms with Gasteiger partial charge in [-0.25, -0.2) is 9.97 Å². The fourth-order valence-corrected chi connectivity index (χ4v) is 2.04. The van der Waals surface area contributed by atoms with E-state index < -0.39 is 0 Å². The van der Waals surface area contributed by atoms with E-state index in [1.807, 2.05) is 0 Å². The van der Waals surface area contributed by atoms with Crippen LogP contribution in [0.5, 0.6) is 0 Å². The third-order valence-electron chi connectivity index (χ3n) is 2.81. The summed E-state index contributed by atoms with van der Waals surface area (Å²) < 4.78 is 0. The molecule has 16 heavy (non-hydrogen) atoms. The number of hydrogen-bond acceptors (Lipinski definition) is 6. The molecule has 0 aliphatic heterocycles. The highest BCUT2D eigenvalue weighted by atomic mass is 15.1. The molecule has 0 atom stereocenters. The topological polar surface area (TPSA) is 104 Å².